The summed E-state index contributed by atoms with van der Waals surface area (Å²) >= 11 is 0. The molecule has 2 fully saturated rings. The van der Waals surface area contributed by atoms with Crippen LogP contribution in [0.25, 0.3) is 11.4 Å². The Morgan fingerprint density at radius 1 is 1.06 bits per heavy atom. The molecule has 2 aliphatic rings. The largest absolute Gasteiger partial charge is 0.416 e. The lowest BCUT2D eigenvalue weighted by Gasteiger charge is -2.21. The van der Waals surface area contributed by atoms with Crippen LogP contribution in [0.3, 0.4) is 0 Å². The van der Waals surface area contributed by atoms with Crippen LogP contribution in [0.2, 0.25) is 0 Å². The fourth-order valence-corrected chi connectivity index (χ4v) is 5.24. The maximum atomic E-state index is 12.9. The van der Waals surface area contributed by atoms with E-state index in [1.165, 1.54) is 12.1 Å². The average molecular weight is 456 g/mol. The Labute approximate surface area is 191 Å². The SMILES string of the molecule is Cc1ccc(-c2nnc(CCCCN3C[C@@H]4C[C@]4(c4ccc(C(F)(F)F)cc4)C3)n2C)cn1. The lowest BCUT2D eigenvalue weighted by molar-refractivity contribution is -0.137. The number of likely N-dealkylation sites (tertiary alicyclic amines) is 1. The molecule has 1 aromatic carbocycles. The summed E-state index contributed by atoms with van der Waals surface area (Å²) in [6, 6.07) is 9.81. The summed E-state index contributed by atoms with van der Waals surface area (Å²) in [5.74, 6) is 2.37. The number of hydrogen-bond acceptors (Lipinski definition) is 4. The maximum absolute atomic E-state index is 12.9. The summed E-state index contributed by atoms with van der Waals surface area (Å²) in [7, 11) is 1.99. The van der Waals surface area contributed by atoms with E-state index in [0.29, 0.717) is 5.92 Å². The topological polar surface area (TPSA) is 46.8 Å². The molecule has 3 heterocycles. The van der Waals surface area contributed by atoms with E-state index in [1.807, 2.05) is 36.9 Å². The summed E-state index contributed by atoms with van der Waals surface area (Å²) in [6.07, 6.45) is 1.58. The molecule has 0 radical (unpaired) electrons. The first-order chi connectivity index (χ1) is 15.8. The van der Waals surface area contributed by atoms with Crippen molar-refractivity contribution in [1.29, 1.82) is 0 Å². The number of alkyl halides is 3. The van der Waals surface area contributed by atoms with Gasteiger partial charge >= 0.3 is 6.18 Å². The maximum Gasteiger partial charge on any atom is 0.416 e. The van der Waals surface area contributed by atoms with Gasteiger partial charge < -0.3 is 9.47 Å². The Kier molecular flexibility index (Phi) is 5.51. The van der Waals surface area contributed by atoms with Crippen LogP contribution in [0.4, 0.5) is 13.2 Å². The Bertz CT molecular complexity index is 1120. The lowest BCUT2D eigenvalue weighted by atomic mass is 9.94. The van der Waals surface area contributed by atoms with E-state index in [2.05, 4.69) is 20.1 Å². The van der Waals surface area contributed by atoms with Gasteiger partial charge in [0.15, 0.2) is 5.82 Å². The molecule has 3 aromatic rings. The van der Waals surface area contributed by atoms with E-state index in [0.717, 1.165) is 73.8 Å². The van der Waals surface area contributed by atoms with E-state index in [1.54, 1.807) is 12.1 Å². The molecule has 0 amide bonds. The van der Waals surface area contributed by atoms with E-state index in [4.69, 9.17) is 0 Å². The third-order valence-corrected chi connectivity index (χ3v) is 7.26. The first-order valence-corrected chi connectivity index (χ1v) is 11.5. The van der Waals surface area contributed by atoms with Crippen molar-refractivity contribution in [1.82, 2.24) is 24.6 Å². The average Bonchev–Trinajstić information content (AvgIpc) is 3.16. The predicted molar refractivity (Wildman–Crippen MR) is 120 cm³/mol. The van der Waals surface area contributed by atoms with Crippen LogP contribution < -0.4 is 0 Å². The van der Waals surface area contributed by atoms with E-state index in [-0.39, 0.29) is 5.41 Å². The number of nitrogens with zero attached hydrogens (tertiary/aromatic N) is 5. The number of unbranched alkanes of at least 4 members (excludes halogenated alkanes) is 1. The highest BCUT2D eigenvalue weighted by Crippen LogP contribution is 2.59. The summed E-state index contributed by atoms with van der Waals surface area (Å²) in [6.45, 7) is 4.94. The van der Waals surface area contributed by atoms with Crippen molar-refractivity contribution in [2.24, 2.45) is 13.0 Å². The highest BCUT2D eigenvalue weighted by Gasteiger charge is 2.60. The molecule has 2 aromatic heterocycles. The minimum absolute atomic E-state index is 0.0602. The molecular weight excluding hydrogens is 427 g/mol. The molecule has 1 aliphatic carbocycles. The number of halogens is 3. The number of aromatic nitrogens is 4. The fourth-order valence-electron chi connectivity index (χ4n) is 5.24. The van der Waals surface area contributed by atoms with Crippen molar-refractivity contribution in [3.05, 3.63) is 65.2 Å². The highest BCUT2D eigenvalue weighted by molar-refractivity contribution is 5.53. The lowest BCUT2D eigenvalue weighted by Crippen LogP contribution is -2.27. The number of rotatable bonds is 7. The normalized spacial score (nSPS) is 22.5. The van der Waals surface area contributed by atoms with Crippen LogP contribution in [-0.4, -0.2) is 44.3 Å². The van der Waals surface area contributed by atoms with Crippen LogP contribution in [0.5, 0.6) is 0 Å². The van der Waals surface area contributed by atoms with Gasteiger partial charge in [-0.05, 0) is 68.5 Å². The molecule has 1 saturated carbocycles. The van der Waals surface area contributed by atoms with Gasteiger partial charge in [-0.25, -0.2) is 0 Å². The molecule has 0 spiro atoms. The van der Waals surface area contributed by atoms with Crippen LogP contribution in [0.15, 0.2) is 42.6 Å². The van der Waals surface area contributed by atoms with Gasteiger partial charge in [-0.15, -0.1) is 10.2 Å². The van der Waals surface area contributed by atoms with E-state index < -0.39 is 11.7 Å². The molecule has 5 rings (SSSR count). The third-order valence-electron chi connectivity index (χ3n) is 7.26. The standard InChI is InChI=1S/C25H28F3N5/c1-17-6-7-18(14-29-17)23-31-30-22(32(23)2)5-3-4-12-33-15-21-13-24(21,16-33)19-8-10-20(11-9-19)25(26,27)28/h6-11,14,21H,3-5,12-13,15-16H2,1-2H3/t21-,24+/m0/s1. The van der Waals surface area contributed by atoms with E-state index in [9.17, 15) is 13.2 Å². The second-order valence-electron chi connectivity index (χ2n) is 9.51. The highest BCUT2D eigenvalue weighted by atomic mass is 19.4. The molecule has 8 heteroatoms. The van der Waals surface area contributed by atoms with Gasteiger partial charge in [0, 0.05) is 49.4 Å². The van der Waals surface area contributed by atoms with Gasteiger partial charge in [-0.3, -0.25) is 4.98 Å². The zero-order chi connectivity index (χ0) is 23.2. The molecule has 0 N–H and O–H groups in total. The molecule has 33 heavy (non-hydrogen) atoms. The number of benzene rings is 1. The minimum atomic E-state index is -4.28. The Morgan fingerprint density at radius 3 is 2.55 bits per heavy atom. The van der Waals surface area contributed by atoms with Crippen LogP contribution >= 0.6 is 0 Å². The third kappa shape index (κ3) is 4.28. The summed E-state index contributed by atoms with van der Waals surface area (Å²) in [4.78, 5) is 6.81. The molecular formula is C25H28F3N5. The predicted octanol–water partition coefficient (Wildman–Crippen LogP) is 4.80. The molecule has 1 saturated heterocycles. The quantitative estimate of drug-likeness (QED) is 0.480. The summed E-state index contributed by atoms with van der Waals surface area (Å²) in [5, 5.41) is 8.71. The first kappa shape index (κ1) is 22.1. The monoisotopic (exact) mass is 455 g/mol. The summed E-state index contributed by atoms with van der Waals surface area (Å²) < 4.78 is 40.6. The van der Waals surface area contributed by atoms with Crippen molar-refractivity contribution in [2.75, 3.05) is 19.6 Å². The van der Waals surface area contributed by atoms with Crippen molar-refractivity contribution >= 4 is 0 Å². The molecule has 0 unspecified atom stereocenters. The zero-order valence-corrected chi connectivity index (χ0v) is 18.9. The molecule has 0 bridgehead atoms. The van der Waals surface area contributed by atoms with Crippen LogP contribution in [0.1, 0.15) is 41.9 Å². The zero-order valence-electron chi connectivity index (χ0n) is 18.9. The second kappa shape index (κ2) is 8.24. The number of piperidine rings is 1. The van der Waals surface area contributed by atoms with Crippen LogP contribution in [0, 0.1) is 12.8 Å². The minimum Gasteiger partial charge on any atom is -0.314 e. The van der Waals surface area contributed by atoms with Gasteiger partial charge in [0.05, 0.1) is 5.56 Å². The number of aryl methyl sites for hydroxylation is 2. The number of pyridine rings is 1. The Hall–Kier alpha value is -2.74. The molecule has 174 valence electrons. The molecule has 1 aliphatic heterocycles. The van der Waals surface area contributed by atoms with Gasteiger partial charge in [-0.1, -0.05) is 12.1 Å². The van der Waals surface area contributed by atoms with Crippen molar-refractivity contribution in [3.63, 3.8) is 0 Å². The number of fused-ring (bicyclic) bond motifs is 1. The first-order valence-electron chi connectivity index (χ1n) is 11.5. The van der Waals surface area contributed by atoms with Gasteiger partial charge in [0.25, 0.3) is 0 Å². The van der Waals surface area contributed by atoms with E-state index >= 15 is 0 Å². The van der Waals surface area contributed by atoms with Gasteiger partial charge in [-0.2, -0.15) is 13.2 Å². The Balaban J connectivity index is 1.12. The molecule has 2 atom stereocenters. The summed E-state index contributed by atoms with van der Waals surface area (Å²) in [5.41, 5.74) is 2.48. The Morgan fingerprint density at radius 2 is 1.85 bits per heavy atom. The smallest absolute Gasteiger partial charge is 0.314 e. The van der Waals surface area contributed by atoms with Crippen molar-refractivity contribution < 1.29 is 13.2 Å². The van der Waals surface area contributed by atoms with Gasteiger partial charge in [0.2, 0.25) is 0 Å². The number of hydrogen-bond donors (Lipinski definition) is 0. The van der Waals surface area contributed by atoms with Gasteiger partial charge in [0.1, 0.15) is 5.82 Å². The fraction of sp³-hybridized carbons (Fsp3) is 0.480. The van der Waals surface area contributed by atoms with Crippen LogP contribution in [-0.2, 0) is 25.1 Å². The van der Waals surface area contributed by atoms with Crippen molar-refractivity contribution in [2.45, 2.75) is 44.2 Å². The van der Waals surface area contributed by atoms with Crippen molar-refractivity contribution in [3.8, 4) is 11.4 Å². The molecule has 5 nitrogen and oxygen atoms in total. The second-order valence-corrected chi connectivity index (χ2v) is 9.51.